The third-order valence-corrected chi connectivity index (χ3v) is 3.92. The fourth-order valence-corrected chi connectivity index (χ4v) is 2.55. The molecule has 0 saturated heterocycles. The van der Waals surface area contributed by atoms with Crippen LogP contribution in [0.4, 0.5) is 4.39 Å². The van der Waals surface area contributed by atoms with Gasteiger partial charge in [-0.25, -0.2) is 9.18 Å². The van der Waals surface area contributed by atoms with Crippen LogP contribution < -0.4 is 0 Å². The molecule has 0 aliphatic heterocycles. The zero-order valence-electron chi connectivity index (χ0n) is 11.1. The summed E-state index contributed by atoms with van der Waals surface area (Å²) >= 11 is 0. The van der Waals surface area contributed by atoms with Gasteiger partial charge in [-0.3, -0.25) is 4.21 Å². The molecule has 0 saturated carbocycles. The number of halogens is 1. The Bertz CT molecular complexity index is 478. The molecule has 5 nitrogen and oxygen atoms in total. The van der Waals surface area contributed by atoms with Gasteiger partial charge in [0.2, 0.25) is 0 Å². The molecule has 112 valence electrons. The molecule has 1 aromatic carbocycles. The Kier molecular flexibility index (Phi) is 7.35. The highest BCUT2D eigenvalue weighted by atomic mass is 32.2. The van der Waals surface area contributed by atoms with E-state index < -0.39 is 28.1 Å². The number of carbonyl (C=O) groups is 1. The quantitative estimate of drug-likeness (QED) is 0.703. The van der Waals surface area contributed by atoms with E-state index in [1.165, 1.54) is 6.07 Å². The summed E-state index contributed by atoms with van der Waals surface area (Å²) in [6, 6.07) is 3.47. The largest absolute Gasteiger partial charge is 0.478 e. The lowest BCUT2D eigenvalue weighted by atomic mass is 10.2. The molecule has 0 fully saturated rings. The van der Waals surface area contributed by atoms with Gasteiger partial charge in [0.15, 0.2) is 0 Å². The number of methoxy groups -OCH3 is 1. The van der Waals surface area contributed by atoms with Gasteiger partial charge in [-0.2, -0.15) is 0 Å². The van der Waals surface area contributed by atoms with Crippen molar-refractivity contribution in [3.63, 3.8) is 0 Å². The number of hydrogen-bond donors (Lipinski definition) is 1. The maximum atomic E-state index is 13.2. The first-order valence-corrected chi connectivity index (χ1v) is 7.36. The van der Waals surface area contributed by atoms with Crippen molar-refractivity contribution >= 4 is 16.8 Å². The zero-order chi connectivity index (χ0) is 15.0. The van der Waals surface area contributed by atoms with Crippen molar-refractivity contribution in [3.8, 4) is 0 Å². The van der Waals surface area contributed by atoms with Gasteiger partial charge in [-0.05, 0) is 24.6 Å². The Hall–Kier alpha value is -1.31. The Morgan fingerprint density at radius 3 is 2.75 bits per heavy atom. The minimum absolute atomic E-state index is 0.306. The van der Waals surface area contributed by atoms with Gasteiger partial charge in [0.05, 0.1) is 29.6 Å². The first kappa shape index (κ1) is 16.7. The SMILES string of the molecule is COCCOCCCS(=O)c1ccc(F)c(C(=O)O)c1. The molecule has 1 atom stereocenters. The molecule has 0 aliphatic rings. The Balaban J connectivity index is 2.47. The molecule has 7 heteroatoms. The van der Waals surface area contributed by atoms with Crippen LogP contribution >= 0.6 is 0 Å². The molecular formula is C13H17FO5S. The maximum Gasteiger partial charge on any atom is 0.338 e. The van der Waals surface area contributed by atoms with Gasteiger partial charge < -0.3 is 14.6 Å². The van der Waals surface area contributed by atoms with Crippen LogP contribution in [-0.4, -0.2) is 48.0 Å². The van der Waals surface area contributed by atoms with Gasteiger partial charge in [0, 0.05) is 24.4 Å². The highest BCUT2D eigenvalue weighted by Gasteiger charge is 2.13. The molecule has 1 unspecified atom stereocenters. The van der Waals surface area contributed by atoms with Crippen molar-refractivity contribution < 1.29 is 28.0 Å². The summed E-state index contributed by atoms with van der Waals surface area (Å²) in [7, 11) is 0.209. The van der Waals surface area contributed by atoms with Crippen molar-refractivity contribution in [2.24, 2.45) is 0 Å². The maximum absolute atomic E-state index is 13.2. The van der Waals surface area contributed by atoms with Crippen LogP contribution in [0.15, 0.2) is 23.1 Å². The van der Waals surface area contributed by atoms with Gasteiger partial charge in [-0.1, -0.05) is 0 Å². The Labute approximate surface area is 119 Å². The van der Waals surface area contributed by atoms with Gasteiger partial charge in [0.25, 0.3) is 0 Å². The van der Waals surface area contributed by atoms with Crippen LogP contribution in [0, 0.1) is 5.82 Å². The van der Waals surface area contributed by atoms with Crippen LogP contribution in [0.2, 0.25) is 0 Å². The monoisotopic (exact) mass is 304 g/mol. The lowest BCUT2D eigenvalue weighted by Crippen LogP contribution is -2.08. The minimum Gasteiger partial charge on any atom is -0.478 e. The van der Waals surface area contributed by atoms with Crippen molar-refractivity contribution in [1.29, 1.82) is 0 Å². The van der Waals surface area contributed by atoms with Crippen molar-refractivity contribution in [3.05, 3.63) is 29.6 Å². The van der Waals surface area contributed by atoms with E-state index in [0.29, 0.717) is 36.9 Å². The molecule has 1 aromatic rings. The molecule has 0 radical (unpaired) electrons. The average molecular weight is 304 g/mol. The average Bonchev–Trinajstić information content (AvgIpc) is 2.42. The van der Waals surface area contributed by atoms with Gasteiger partial charge >= 0.3 is 5.97 Å². The molecule has 0 spiro atoms. The number of carboxylic acid groups (broad SMARTS) is 1. The molecule has 1 rings (SSSR count). The summed E-state index contributed by atoms with van der Waals surface area (Å²) in [5.74, 6) is -1.87. The summed E-state index contributed by atoms with van der Waals surface area (Å²) in [6.07, 6.45) is 0.566. The van der Waals surface area contributed by atoms with Crippen LogP contribution in [0.1, 0.15) is 16.8 Å². The number of carboxylic acids is 1. The number of benzene rings is 1. The summed E-state index contributed by atoms with van der Waals surface area (Å²) < 4.78 is 35.2. The summed E-state index contributed by atoms with van der Waals surface area (Å²) in [5.41, 5.74) is -0.466. The second-order valence-electron chi connectivity index (χ2n) is 3.96. The molecule has 1 N–H and O–H groups in total. The lowest BCUT2D eigenvalue weighted by molar-refractivity contribution is 0.0691. The standard InChI is InChI=1S/C13H17FO5S/c1-18-6-7-19-5-2-8-20(17)10-3-4-12(14)11(9-10)13(15)16/h3-4,9H,2,5-8H2,1H3,(H,15,16). The fourth-order valence-electron chi connectivity index (χ4n) is 1.46. The van der Waals surface area contributed by atoms with E-state index in [2.05, 4.69) is 0 Å². The molecule has 0 amide bonds. The first-order valence-electron chi connectivity index (χ1n) is 6.04. The Morgan fingerprint density at radius 1 is 1.35 bits per heavy atom. The predicted octanol–water partition coefficient (Wildman–Crippen LogP) is 1.68. The third kappa shape index (κ3) is 5.36. The minimum atomic E-state index is -1.37. The molecule has 0 heterocycles. The van der Waals surface area contributed by atoms with E-state index in [1.807, 2.05) is 0 Å². The predicted molar refractivity (Wildman–Crippen MR) is 71.9 cm³/mol. The highest BCUT2D eigenvalue weighted by molar-refractivity contribution is 7.85. The van der Waals surface area contributed by atoms with E-state index in [-0.39, 0.29) is 0 Å². The number of ether oxygens (including phenoxy) is 2. The Morgan fingerprint density at radius 2 is 2.10 bits per heavy atom. The molecule has 0 aliphatic carbocycles. The van der Waals surface area contributed by atoms with Crippen LogP contribution in [0.5, 0.6) is 0 Å². The van der Waals surface area contributed by atoms with E-state index in [4.69, 9.17) is 14.6 Å². The zero-order valence-corrected chi connectivity index (χ0v) is 12.0. The molecular weight excluding hydrogens is 287 g/mol. The van der Waals surface area contributed by atoms with Crippen LogP contribution in [0.3, 0.4) is 0 Å². The summed E-state index contributed by atoms with van der Waals surface area (Å²) in [6.45, 7) is 1.42. The summed E-state index contributed by atoms with van der Waals surface area (Å²) in [5, 5.41) is 8.80. The topological polar surface area (TPSA) is 72.8 Å². The van der Waals surface area contributed by atoms with Crippen LogP contribution in [-0.2, 0) is 20.3 Å². The van der Waals surface area contributed by atoms with E-state index in [0.717, 1.165) is 12.1 Å². The lowest BCUT2D eigenvalue weighted by Gasteiger charge is -2.05. The molecule has 20 heavy (non-hydrogen) atoms. The van der Waals surface area contributed by atoms with E-state index >= 15 is 0 Å². The summed E-state index contributed by atoms with van der Waals surface area (Å²) in [4.78, 5) is 11.1. The van der Waals surface area contributed by atoms with Crippen molar-refractivity contribution in [2.75, 3.05) is 32.7 Å². The number of hydrogen-bond acceptors (Lipinski definition) is 4. The van der Waals surface area contributed by atoms with Crippen molar-refractivity contribution in [2.45, 2.75) is 11.3 Å². The van der Waals surface area contributed by atoms with Crippen molar-refractivity contribution in [1.82, 2.24) is 0 Å². The van der Waals surface area contributed by atoms with E-state index in [9.17, 15) is 13.4 Å². The van der Waals surface area contributed by atoms with E-state index in [1.54, 1.807) is 7.11 Å². The second-order valence-corrected chi connectivity index (χ2v) is 5.53. The van der Waals surface area contributed by atoms with Gasteiger partial charge in [0.1, 0.15) is 5.82 Å². The van der Waals surface area contributed by atoms with Gasteiger partial charge in [-0.15, -0.1) is 0 Å². The number of aromatic carboxylic acids is 1. The number of rotatable bonds is 9. The molecule has 0 aromatic heterocycles. The molecule has 0 bridgehead atoms. The highest BCUT2D eigenvalue weighted by Crippen LogP contribution is 2.14. The van der Waals surface area contributed by atoms with Crippen LogP contribution in [0.25, 0.3) is 0 Å². The second kappa shape index (κ2) is 8.78. The third-order valence-electron chi connectivity index (χ3n) is 2.48. The smallest absolute Gasteiger partial charge is 0.338 e. The normalized spacial score (nSPS) is 12.3. The first-order chi connectivity index (χ1) is 9.56. The fraction of sp³-hybridized carbons (Fsp3) is 0.462.